The summed E-state index contributed by atoms with van der Waals surface area (Å²) in [6, 6.07) is 66.5. The van der Waals surface area contributed by atoms with Crippen LogP contribution in [-0.2, 0) is 0 Å². The molecule has 0 radical (unpaired) electrons. The third kappa shape index (κ3) is 5.20. The van der Waals surface area contributed by atoms with Crippen molar-refractivity contribution in [1.82, 2.24) is 4.98 Å². The highest BCUT2D eigenvalue weighted by molar-refractivity contribution is 6.24. The number of benzene rings is 9. The Hall–Kier alpha value is -6.83. The zero-order valence-electron chi connectivity index (χ0n) is 30.3. The topological polar surface area (TPSA) is 12.9 Å². The fourth-order valence-electron chi connectivity index (χ4n) is 8.78. The number of fused-ring (bicyclic) bond motifs is 4. The van der Waals surface area contributed by atoms with Gasteiger partial charge in [0, 0.05) is 11.8 Å². The van der Waals surface area contributed by atoms with E-state index in [1.54, 1.807) is 0 Å². The Kier molecular flexibility index (Phi) is 7.66. The van der Waals surface area contributed by atoms with Gasteiger partial charge >= 0.3 is 0 Å². The summed E-state index contributed by atoms with van der Waals surface area (Å²) in [6.07, 6.45) is 1.94. The van der Waals surface area contributed by atoms with Crippen molar-refractivity contribution in [2.45, 2.75) is 13.8 Å². The van der Waals surface area contributed by atoms with E-state index >= 15 is 0 Å². The van der Waals surface area contributed by atoms with Crippen LogP contribution < -0.4 is 0 Å². The summed E-state index contributed by atoms with van der Waals surface area (Å²) in [5.41, 5.74) is 14.6. The van der Waals surface area contributed by atoms with Crippen LogP contribution in [0.5, 0.6) is 0 Å². The molecule has 0 spiro atoms. The minimum Gasteiger partial charge on any atom is -0.256 e. The Labute approximate surface area is 315 Å². The van der Waals surface area contributed by atoms with Crippen LogP contribution in [0.4, 0.5) is 0 Å². The van der Waals surface area contributed by atoms with Crippen LogP contribution in [0.15, 0.2) is 188 Å². The Morgan fingerprint density at radius 2 is 0.778 bits per heavy atom. The van der Waals surface area contributed by atoms with Gasteiger partial charge in [-0.05, 0) is 131 Å². The fraction of sp³-hybridized carbons (Fsp3) is 0.0377. The largest absolute Gasteiger partial charge is 0.256 e. The van der Waals surface area contributed by atoms with Gasteiger partial charge in [-0.1, -0.05) is 164 Å². The number of aromatic nitrogens is 1. The summed E-state index contributed by atoms with van der Waals surface area (Å²) in [6.45, 7) is 4.44. The van der Waals surface area contributed by atoms with Crippen molar-refractivity contribution in [1.29, 1.82) is 0 Å². The van der Waals surface area contributed by atoms with Gasteiger partial charge in [0.15, 0.2) is 0 Å². The van der Waals surface area contributed by atoms with Crippen molar-refractivity contribution in [2.75, 3.05) is 0 Å². The molecule has 1 heterocycles. The second-order valence-electron chi connectivity index (χ2n) is 14.4. The van der Waals surface area contributed by atoms with Gasteiger partial charge in [0.2, 0.25) is 0 Å². The zero-order chi connectivity index (χ0) is 36.2. The van der Waals surface area contributed by atoms with Gasteiger partial charge in [0.1, 0.15) is 0 Å². The molecule has 0 N–H and O–H groups in total. The first-order valence-corrected chi connectivity index (χ1v) is 18.7. The summed E-state index contributed by atoms with van der Waals surface area (Å²) < 4.78 is 0. The van der Waals surface area contributed by atoms with Crippen molar-refractivity contribution in [2.24, 2.45) is 0 Å². The van der Waals surface area contributed by atoms with Gasteiger partial charge in [-0.3, -0.25) is 4.98 Å². The molecule has 1 aromatic heterocycles. The molecular formula is C53H37N. The van der Waals surface area contributed by atoms with E-state index in [2.05, 4.69) is 196 Å². The van der Waals surface area contributed by atoms with Crippen LogP contribution in [0.1, 0.15) is 11.1 Å². The molecule has 1 nitrogen and oxygen atoms in total. The van der Waals surface area contributed by atoms with E-state index in [0.29, 0.717) is 0 Å². The lowest BCUT2D eigenvalue weighted by Gasteiger charge is -2.20. The van der Waals surface area contributed by atoms with Crippen molar-refractivity contribution >= 4 is 43.1 Å². The van der Waals surface area contributed by atoms with Crippen molar-refractivity contribution in [3.8, 4) is 55.8 Å². The molecular weight excluding hydrogens is 651 g/mol. The van der Waals surface area contributed by atoms with E-state index < -0.39 is 0 Å². The van der Waals surface area contributed by atoms with E-state index in [4.69, 9.17) is 4.98 Å². The number of hydrogen-bond acceptors (Lipinski definition) is 1. The number of hydrogen-bond donors (Lipinski definition) is 0. The molecule has 0 bridgehead atoms. The maximum atomic E-state index is 4.84. The molecule has 54 heavy (non-hydrogen) atoms. The normalized spacial score (nSPS) is 11.5. The van der Waals surface area contributed by atoms with Crippen LogP contribution in [0, 0.1) is 13.8 Å². The van der Waals surface area contributed by atoms with Crippen LogP contribution in [-0.4, -0.2) is 4.98 Å². The van der Waals surface area contributed by atoms with Crippen LogP contribution in [0.2, 0.25) is 0 Å². The van der Waals surface area contributed by atoms with Crippen LogP contribution in [0.25, 0.3) is 98.9 Å². The average Bonchev–Trinajstić information content (AvgIpc) is 3.22. The van der Waals surface area contributed by atoms with E-state index in [0.717, 1.165) is 16.8 Å². The number of pyridine rings is 1. The minimum absolute atomic E-state index is 0.978. The Bertz CT molecular complexity index is 2990. The highest BCUT2D eigenvalue weighted by Crippen LogP contribution is 2.47. The standard InChI is InChI=1S/C53H37N/c1-34-14-9-15-35(2)51(34)44-28-12-26-42-41(44)25-13-29-45(42)53-48-23-7-5-21-46(48)52(47-22-6-8-24-49(47)53)39-19-10-18-37(32-39)38-30-31-54-50(33-38)43-27-11-17-36-16-3-4-20-40(36)43/h3-33H,1-2H3. The summed E-state index contributed by atoms with van der Waals surface area (Å²) in [7, 11) is 0. The zero-order valence-corrected chi connectivity index (χ0v) is 30.3. The quantitative estimate of drug-likeness (QED) is 0.164. The predicted molar refractivity (Wildman–Crippen MR) is 231 cm³/mol. The molecule has 0 saturated carbocycles. The molecule has 0 saturated heterocycles. The third-order valence-corrected chi connectivity index (χ3v) is 11.2. The number of aryl methyl sites for hydroxylation is 2. The lowest BCUT2D eigenvalue weighted by molar-refractivity contribution is 1.33. The molecule has 0 aliphatic carbocycles. The van der Waals surface area contributed by atoms with Gasteiger partial charge in [0.25, 0.3) is 0 Å². The molecule has 254 valence electrons. The highest BCUT2D eigenvalue weighted by atomic mass is 14.7. The van der Waals surface area contributed by atoms with Crippen molar-refractivity contribution in [3.05, 3.63) is 199 Å². The molecule has 0 unspecified atom stereocenters. The van der Waals surface area contributed by atoms with Gasteiger partial charge in [-0.2, -0.15) is 0 Å². The van der Waals surface area contributed by atoms with E-state index in [1.807, 2.05) is 6.20 Å². The van der Waals surface area contributed by atoms with E-state index in [1.165, 1.54) is 93.2 Å². The van der Waals surface area contributed by atoms with Crippen LogP contribution in [0.3, 0.4) is 0 Å². The molecule has 0 atom stereocenters. The molecule has 0 aliphatic heterocycles. The molecule has 10 aromatic rings. The average molecular weight is 688 g/mol. The van der Waals surface area contributed by atoms with Gasteiger partial charge < -0.3 is 0 Å². The second kappa shape index (κ2) is 13.0. The lowest BCUT2D eigenvalue weighted by atomic mass is 9.83. The Balaban J connectivity index is 1.17. The molecule has 0 amide bonds. The molecule has 10 rings (SSSR count). The maximum Gasteiger partial charge on any atom is 0.0714 e. The molecule has 1 heteroatoms. The lowest BCUT2D eigenvalue weighted by Crippen LogP contribution is -1.93. The smallest absolute Gasteiger partial charge is 0.0714 e. The van der Waals surface area contributed by atoms with Crippen LogP contribution >= 0.6 is 0 Å². The summed E-state index contributed by atoms with van der Waals surface area (Å²) in [5, 5.41) is 9.98. The van der Waals surface area contributed by atoms with Gasteiger partial charge in [0.05, 0.1) is 5.69 Å². The summed E-state index contributed by atoms with van der Waals surface area (Å²) in [4.78, 5) is 4.84. The number of rotatable bonds is 5. The van der Waals surface area contributed by atoms with Gasteiger partial charge in [-0.15, -0.1) is 0 Å². The summed E-state index contributed by atoms with van der Waals surface area (Å²) in [5.74, 6) is 0. The van der Waals surface area contributed by atoms with Crippen molar-refractivity contribution < 1.29 is 0 Å². The predicted octanol–water partition coefficient (Wildman–Crippen LogP) is 14.6. The molecule has 0 aliphatic rings. The van der Waals surface area contributed by atoms with E-state index in [9.17, 15) is 0 Å². The fourth-order valence-corrected chi connectivity index (χ4v) is 8.78. The molecule has 9 aromatic carbocycles. The maximum absolute atomic E-state index is 4.84. The van der Waals surface area contributed by atoms with Gasteiger partial charge in [-0.25, -0.2) is 0 Å². The molecule has 0 fully saturated rings. The second-order valence-corrected chi connectivity index (χ2v) is 14.4. The van der Waals surface area contributed by atoms with Crippen molar-refractivity contribution in [3.63, 3.8) is 0 Å². The third-order valence-electron chi connectivity index (χ3n) is 11.2. The first kappa shape index (κ1) is 31.9. The first-order chi connectivity index (χ1) is 26.6. The highest BCUT2D eigenvalue weighted by Gasteiger charge is 2.19. The Morgan fingerprint density at radius 1 is 0.315 bits per heavy atom. The first-order valence-electron chi connectivity index (χ1n) is 18.7. The van der Waals surface area contributed by atoms with E-state index in [-0.39, 0.29) is 0 Å². The monoisotopic (exact) mass is 687 g/mol. The minimum atomic E-state index is 0.978. The number of nitrogens with zero attached hydrogens (tertiary/aromatic N) is 1. The SMILES string of the molecule is Cc1cccc(C)c1-c1cccc2c(-c3c4ccccc4c(-c4cccc(-c5ccnc(-c6cccc7ccccc67)c5)c4)c4ccccc34)cccc12. The Morgan fingerprint density at radius 3 is 1.46 bits per heavy atom. The summed E-state index contributed by atoms with van der Waals surface area (Å²) >= 11 is 0.